The normalized spacial score (nSPS) is 11.8. The van der Waals surface area contributed by atoms with Gasteiger partial charge in [-0.15, -0.1) is 10.2 Å². The zero-order valence-electron chi connectivity index (χ0n) is 18.6. The largest absolute Gasteiger partial charge is 0.330 e. The van der Waals surface area contributed by atoms with Crippen molar-refractivity contribution in [2.45, 2.75) is 52.6 Å². The molecule has 9 heteroatoms. The second kappa shape index (κ2) is 8.70. The number of rotatable bonds is 6. The lowest BCUT2D eigenvalue weighted by atomic mass is 10.0. The number of hydrogen-bond donors (Lipinski definition) is 1. The van der Waals surface area contributed by atoms with Crippen molar-refractivity contribution in [2.75, 3.05) is 0 Å². The minimum Gasteiger partial charge on any atom is -0.289 e. The quantitative estimate of drug-likeness (QED) is 0.471. The summed E-state index contributed by atoms with van der Waals surface area (Å²) in [6.45, 7) is 8.38. The Labute approximate surface area is 191 Å². The number of benzene rings is 1. The second-order valence-electron chi connectivity index (χ2n) is 8.68. The fraction of sp³-hybridized carbons (Fsp3) is 0.348. The summed E-state index contributed by atoms with van der Waals surface area (Å²) < 4.78 is 3.40. The Bertz CT molecular complexity index is 1270. The third-order valence-corrected chi connectivity index (χ3v) is 5.70. The molecular formula is C23H26ClN7O. The van der Waals surface area contributed by atoms with E-state index in [1.165, 1.54) is 0 Å². The summed E-state index contributed by atoms with van der Waals surface area (Å²) in [4.78, 5) is 17.8. The highest BCUT2D eigenvalue weighted by Gasteiger charge is 2.26. The lowest BCUT2D eigenvalue weighted by Crippen LogP contribution is -2.35. The molecule has 8 nitrogen and oxygen atoms in total. The number of H-pyrrole nitrogens is 1. The Morgan fingerprint density at radius 3 is 2.44 bits per heavy atom. The minimum absolute atomic E-state index is 0.112. The van der Waals surface area contributed by atoms with Gasteiger partial charge in [-0.25, -0.2) is 4.79 Å². The van der Waals surface area contributed by atoms with Crippen LogP contribution in [0.4, 0.5) is 0 Å². The van der Waals surface area contributed by atoms with Crippen molar-refractivity contribution in [3.05, 3.63) is 69.6 Å². The smallest absolute Gasteiger partial charge is 0.289 e. The van der Waals surface area contributed by atoms with Crippen LogP contribution >= 0.6 is 11.6 Å². The number of halogens is 1. The summed E-state index contributed by atoms with van der Waals surface area (Å²) in [5, 5.41) is 14.8. The summed E-state index contributed by atoms with van der Waals surface area (Å²) >= 11 is 6.64. The highest BCUT2D eigenvalue weighted by molar-refractivity contribution is 6.30. The monoisotopic (exact) mass is 451 g/mol. The van der Waals surface area contributed by atoms with E-state index >= 15 is 0 Å². The van der Waals surface area contributed by atoms with Crippen molar-refractivity contribution in [1.82, 2.24) is 34.7 Å². The van der Waals surface area contributed by atoms with Gasteiger partial charge < -0.3 is 0 Å². The summed E-state index contributed by atoms with van der Waals surface area (Å²) in [7, 11) is 0. The van der Waals surface area contributed by atoms with Crippen molar-refractivity contribution < 1.29 is 0 Å². The molecule has 0 saturated carbocycles. The van der Waals surface area contributed by atoms with Crippen molar-refractivity contribution >= 4 is 11.6 Å². The number of nitrogens with one attached hydrogen (secondary N) is 1. The van der Waals surface area contributed by atoms with E-state index in [4.69, 9.17) is 11.6 Å². The van der Waals surface area contributed by atoms with Gasteiger partial charge in [-0.2, -0.15) is 5.21 Å². The molecule has 0 aliphatic rings. The topological polar surface area (TPSA) is 94.3 Å². The van der Waals surface area contributed by atoms with Crippen molar-refractivity contribution in [1.29, 1.82) is 0 Å². The van der Waals surface area contributed by atoms with Crippen LogP contribution in [-0.4, -0.2) is 34.7 Å². The Morgan fingerprint density at radius 1 is 1.09 bits per heavy atom. The number of hydrogen-bond acceptors (Lipinski definition) is 5. The van der Waals surface area contributed by atoms with Crippen LogP contribution in [0.1, 0.15) is 45.5 Å². The maximum Gasteiger partial charge on any atom is 0.330 e. The number of imidazole rings is 1. The summed E-state index contributed by atoms with van der Waals surface area (Å²) in [6, 6.07) is 11.8. The molecule has 4 rings (SSSR count). The van der Waals surface area contributed by atoms with Gasteiger partial charge in [-0.1, -0.05) is 55.3 Å². The van der Waals surface area contributed by atoms with E-state index in [2.05, 4.69) is 32.5 Å². The molecular weight excluding hydrogens is 426 g/mol. The Kier molecular flexibility index (Phi) is 5.97. The average molecular weight is 452 g/mol. The zero-order chi connectivity index (χ0) is 22.9. The molecule has 166 valence electrons. The van der Waals surface area contributed by atoms with Gasteiger partial charge in [0.05, 0.1) is 17.9 Å². The Hall–Kier alpha value is -3.26. The SMILES string of the molecule is CCCc1c(Cl)n(C(C)(C)C)c(=O)n1Cc1ccc(-c2ccccc2-c2nn[nH]n2)cn1. The molecule has 0 saturated heterocycles. The lowest BCUT2D eigenvalue weighted by molar-refractivity contribution is 0.380. The molecule has 0 aliphatic carbocycles. The van der Waals surface area contributed by atoms with Gasteiger partial charge in [0.15, 0.2) is 0 Å². The molecule has 0 atom stereocenters. The highest BCUT2D eigenvalue weighted by atomic mass is 35.5. The van der Waals surface area contributed by atoms with Gasteiger partial charge in [0.1, 0.15) is 5.15 Å². The maximum atomic E-state index is 13.2. The average Bonchev–Trinajstić information content (AvgIpc) is 3.37. The third-order valence-electron chi connectivity index (χ3n) is 5.31. The van der Waals surface area contributed by atoms with E-state index in [0.29, 0.717) is 17.5 Å². The van der Waals surface area contributed by atoms with E-state index in [0.717, 1.165) is 40.9 Å². The minimum atomic E-state index is -0.405. The van der Waals surface area contributed by atoms with Crippen LogP contribution in [-0.2, 0) is 18.5 Å². The number of aromatic amines is 1. The molecule has 0 fully saturated rings. The van der Waals surface area contributed by atoms with Crippen LogP contribution in [0.5, 0.6) is 0 Å². The van der Waals surface area contributed by atoms with Gasteiger partial charge in [-0.05, 0) is 44.0 Å². The Balaban J connectivity index is 1.69. The van der Waals surface area contributed by atoms with E-state index in [1.807, 2.05) is 57.2 Å². The van der Waals surface area contributed by atoms with Gasteiger partial charge >= 0.3 is 5.69 Å². The van der Waals surface area contributed by atoms with Gasteiger partial charge in [0.2, 0.25) is 5.82 Å². The molecule has 3 aromatic heterocycles. The fourth-order valence-electron chi connectivity index (χ4n) is 3.83. The third kappa shape index (κ3) is 4.10. The molecule has 0 aliphatic heterocycles. The molecule has 0 unspecified atom stereocenters. The zero-order valence-corrected chi connectivity index (χ0v) is 19.4. The molecule has 3 heterocycles. The molecule has 0 radical (unpaired) electrons. The maximum absolute atomic E-state index is 13.2. The summed E-state index contributed by atoms with van der Waals surface area (Å²) in [6.07, 6.45) is 3.43. The molecule has 4 aromatic rings. The van der Waals surface area contributed by atoms with Gasteiger partial charge in [-0.3, -0.25) is 14.1 Å². The Morgan fingerprint density at radius 2 is 1.84 bits per heavy atom. The second-order valence-corrected chi connectivity index (χ2v) is 9.04. The van der Waals surface area contributed by atoms with Crippen molar-refractivity contribution in [2.24, 2.45) is 0 Å². The summed E-state index contributed by atoms with van der Waals surface area (Å²) in [5.41, 5.74) is 3.87. The van der Waals surface area contributed by atoms with Crippen molar-refractivity contribution in [3.63, 3.8) is 0 Å². The van der Waals surface area contributed by atoms with E-state index < -0.39 is 5.54 Å². The number of tetrazole rings is 1. The van der Waals surface area contributed by atoms with E-state index in [1.54, 1.807) is 15.3 Å². The summed E-state index contributed by atoms with van der Waals surface area (Å²) in [5.74, 6) is 0.526. The standard InChI is InChI=1S/C23H26ClN7O/c1-5-8-19-20(24)31(23(2,3)4)22(32)30(19)14-16-12-11-15(13-25-16)17-9-6-7-10-18(17)21-26-28-29-27-21/h6-7,9-13H,5,8,14H2,1-4H3,(H,26,27,28,29). The van der Waals surface area contributed by atoms with Gasteiger partial charge in [0, 0.05) is 22.9 Å². The molecule has 0 spiro atoms. The van der Waals surface area contributed by atoms with E-state index in [-0.39, 0.29) is 5.69 Å². The molecule has 32 heavy (non-hydrogen) atoms. The van der Waals surface area contributed by atoms with E-state index in [9.17, 15) is 4.79 Å². The van der Waals surface area contributed by atoms with Crippen LogP contribution < -0.4 is 5.69 Å². The number of aromatic nitrogens is 7. The van der Waals surface area contributed by atoms with Gasteiger partial charge in [0.25, 0.3) is 0 Å². The van der Waals surface area contributed by atoms with Crippen LogP contribution in [0.2, 0.25) is 5.15 Å². The predicted octanol–water partition coefficient (Wildman–Crippen LogP) is 4.30. The van der Waals surface area contributed by atoms with Crippen LogP contribution in [0.3, 0.4) is 0 Å². The molecule has 1 aromatic carbocycles. The molecule has 0 amide bonds. The first-order valence-electron chi connectivity index (χ1n) is 10.6. The fourth-order valence-corrected chi connectivity index (χ4v) is 4.35. The first-order valence-corrected chi connectivity index (χ1v) is 11.0. The molecule has 1 N–H and O–H groups in total. The highest BCUT2D eigenvalue weighted by Crippen LogP contribution is 2.29. The molecule has 0 bridgehead atoms. The van der Waals surface area contributed by atoms with Crippen LogP contribution in [0.25, 0.3) is 22.5 Å². The predicted molar refractivity (Wildman–Crippen MR) is 125 cm³/mol. The van der Waals surface area contributed by atoms with Crippen LogP contribution in [0, 0.1) is 0 Å². The first-order chi connectivity index (χ1) is 15.3. The van der Waals surface area contributed by atoms with Crippen LogP contribution in [0.15, 0.2) is 47.4 Å². The first kappa shape index (κ1) is 22.0. The lowest BCUT2D eigenvalue weighted by Gasteiger charge is -2.20. The number of pyridine rings is 1. The number of nitrogens with zero attached hydrogens (tertiary/aromatic N) is 6. The van der Waals surface area contributed by atoms with Crippen molar-refractivity contribution in [3.8, 4) is 22.5 Å².